The fourth-order valence-corrected chi connectivity index (χ4v) is 4.77. The molecular weight excluding hydrogens is 368 g/mol. The molecule has 1 N–H and O–H groups in total. The Bertz CT molecular complexity index is 848. The highest BCUT2D eigenvalue weighted by atomic mass is 16.5. The van der Waals surface area contributed by atoms with Gasteiger partial charge in [0.25, 0.3) is 5.91 Å². The zero-order valence-corrected chi connectivity index (χ0v) is 17.3. The number of rotatable bonds is 5. The first-order chi connectivity index (χ1) is 14.1. The fraction of sp³-hybridized carbons (Fsp3) is 0.545. The first-order valence-corrected chi connectivity index (χ1v) is 10.4. The van der Waals surface area contributed by atoms with Gasteiger partial charge in [-0.1, -0.05) is 12.1 Å². The molecule has 1 aromatic heterocycles. The van der Waals surface area contributed by atoms with Crippen molar-refractivity contribution < 1.29 is 14.3 Å². The molecule has 1 unspecified atom stereocenters. The SMILES string of the molecule is COc1ccccc1OCc1cc(C(=O)N2CCCC3(CCCN(C)C3)C2)n[nH]1. The second kappa shape index (κ2) is 8.45. The molecule has 3 heterocycles. The molecule has 29 heavy (non-hydrogen) atoms. The van der Waals surface area contributed by atoms with Crippen molar-refractivity contribution in [2.24, 2.45) is 5.41 Å². The molecule has 7 nitrogen and oxygen atoms in total. The maximum absolute atomic E-state index is 13.1. The van der Waals surface area contributed by atoms with Crippen LogP contribution in [0.3, 0.4) is 0 Å². The Kier molecular flexibility index (Phi) is 5.76. The van der Waals surface area contributed by atoms with Crippen LogP contribution < -0.4 is 9.47 Å². The number of ether oxygens (including phenoxy) is 2. The van der Waals surface area contributed by atoms with Crippen molar-refractivity contribution >= 4 is 5.91 Å². The smallest absolute Gasteiger partial charge is 0.274 e. The van der Waals surface area contributed by atoms with Crippen LogP contribution in [-0.2, 0) is 6.61 Å². The largest absolute Gasteiger partial charge is 0.493 e. The maximum Gasteiger partial charge on any atom is 0.274 e. The summed E-state index contributed by atoms with van der Waals surface area (Å²) in [6.45, 7) is 4.18. The van der Waals surface area contributed by atoms with Gasteiger partial charge in [0, 0.05) is 25.0 Å². The predicted octanol–water partition coefficient (Wildman–Crippen LogP) is 2.95. The van der Waals surface area contributed by atoms with Crippen molar-refractivity contribution in [1.29, 1.82) is 0 Å². The normalized spacial score (nSPS) is 22.6. The summed E-state index contributed by atoms with van der Waals surface area (Å²) in [5.41, 5.74) is 1.47. The van der Waals surface area contributed by atoms with Crippen LogP contribution in [0.1, 0.15) is 41.9 Å². The Labute approximate surface area is 172 Å². The number of hydrogen-bond donors (Lipinski definition) is 1. The van der Waals surface area contributed by atoms with Crippen LogP contribution in [0.2, 0.25) is 0 Å². The molecule has 2 aromatic rings. The first kappa shape index (κ1) is 19.8. The van der Waals surface area contributed by atoms with Crippen LogP contribution in [0, 0.1) is 5.41 Å². The molecule has 1 amide bonds. The number of aromatic nitrogens is 2. The van der Waals surface area contributed by atoms with E-state index in [1.807, 2.05) is 29.2 Å². The van der Waals surface area contributed by atoms with Crippen LogP contribution >= 0.6 is 0 Å². The van der Waals surface area contributed by atoms with E-state index in [1.165, 1.54) is 19.3 Å². The lowest BCUT2D eigenvalue weighted by Gasteiger charge is -2.47. The fourth-order valence-electron chi connectivity index (χ4n) is 4.77. The number of carbonyl (C=O) groups is 1. The van der Waals surface area contributed by atoms with Gasteiger partial charge in [-0.2, -0.15) is 5.10 Å². The van der Waals surface area contributed by atoms with Gasteiger partial charge in [-0.15, -0.1) is 0 Å². The summed E-state index contributed by atoms with van der Waals surface area (Å²) in [4.78, 5) is 17.5. The van der Waals surface area contributed by atoms with E-state index in [4.69, 9.17) is 9.47 Å². The summed E-state index contributed by atoms with van der Waals surface area (Å²) in [6.07, 6.45) is 4.69. The van der Waals surface area contributed by atoms with Crippen molar-refractivity contribution in [2.45, 2.75) is 32.3 Å². The zero-order valence-electron chi connectivity index (χ0n) is 17.3. The minimum atomic E-state index is 0.0112. The van der Waals surface area contributed by atoms with Gasteiger partial charge in [-0.3, -0.25) is 9.89 Å². The number of hydrogen-bond acceptors (Lipinski definition) is 5. The lowest BCUT2D eigenvalue weighted by atomic mass is 9.74. The molecule has 0 radical (unpaired) electrons. The molecule has 1 atom stereocenters. The van der Waals surface area contributed by atoms with E-state index in [0.717, 1.165) is 38.3 Å². The molecule has 2 aliphatic rings. The minimum Gasteiger partial charge on any atom is -0.493 e. The summed E-state index contributed by atoms with van der Waals surface area (Å²) >= 11 is 0. The van der Waals surface area contributed by atoms with Gasteiger partial charge in [-0.05, 0) is 57.5 Å². The van der Waals surface area contributed by atoms with E-state index < -0.39 is 0 Å². The number of aromatic amines is 1. The third kappa shape index (κ3) is 4.40. The summed E-state index contributed by atoms with van der Waals surface area (Å²) in [5.74, 6) is 1.35. The summed E-state index contributed by atoms with van der Waals surface area (Å²) in [6, 6.07) is 9.30. The van der Waals surface area contributed by atoms with E-state index in [9.17, 15) is 4.79 Å². The van der Waals surface area contributed by atoms with E-state index in [-0.39, 0.29) is 11.3 Å². The molecule has 1 spiro atoms. The number of benzene rings is 1. The highest BCUT2D eigenvalue weighted by molar-refractivity contribution is 5.92. The Morgan fingerprint density at radius 2 is 1.93 bits per heavy atom. The van der Waals surface area contributed by atoms with Crippen molar-refractivity contribution in [3.05, 3.63) is 41.7 Å². The second-order valence-corrected chi connectivity index (χ2v) is 8.39. The van der Waals surface area contributed by atoms with Crippen molar-refractivity contribution in [3.63, 3.8) is 0 Å². The molecule has 0 aliphatic carbocycles. The standard InChI is InChI=1S/C22H30N4O3/c1-25-11-5-9-22(15-25)10-6-12-26(16-22)21(27)18-13-17(23-24-18)14-29-20-8-4-3-7-19(20)28-2/h3-4,7-8,13H,5-6,9-12,14-16H2,1-2H3,(H,23,24). The van der Waals surface area contributed by atoms with Gasteiger partial charge in [0.2, 0.25) is 0 Å². The molecule has 7 heteroatoms. The number of para-hydroxylation sites is 2. The third-order valence-corrected chi connectivity index (χ3v) is 6.10. The molecular formula is C22H30N4O3. The maximum atomic E-state index is 13.1. The highest BCUT2D eigenvalue weighted by Crippen LogP contribution is 2.38. The second-order valence-electron chi connectivity index (χ2n) is 8.39. The lowest BCUT2D eigenvalue weighted by Crippen LogP contribution is -2.52. The minimum absolute atomic E-state index is 0.0112. The van der Waals surface area contributed by atoms with Gasteiger partial charge < -0.3 is 19.3 Å². The molecule has 0 bridgehead atoms. The monoisotopic (exact) mass is 398 g/mol. The van der Waals surface area contributed by atoms with E-state index in [2.05, 4.69) is 22.1 Å². The van der Waals surface area contributed by atoms with Crippen LogP contribution in [-0.4, -0.2) is 66.2 Å². The van der Waals surface area contributed by atoms with E-state index >= 15 is 0 Å². The average molecular weight is 399 g/mol. The van der Waals surface area contributed by atoms with Crippen molar-refractivity contribution in [3.8, 4) is 11.5 Å². The Balaban J connectivity index is 1.39. The Morgan fingerprint density at radius 3 is 2.69 bits per heavy atom. The van der Waals surface area contributed by atoms with Gasteiger partial charge in [0.1, 0.15) is 6.61 Å². The molecule has 4 rings (SSSR count). The molecule has 156 valence electrons. The third-order valence-electron chi connectivity index (χ3n) is 6.10. The quantitative estimate of drug-likeness (QED) is 0.839. The molecule has 1 aromatic carbocycles. The van der Waals surface area contributed by atoms with Crippen molar-refractivity contribution in [1.82, 2.24) is 20.0 Å². The number of amides is 1. The summed E-state index contributed by atoms with van der Waals surface area (Å²) in [7, 11) is 3.80. The predicted molar refractivity (Wildman–Crippen MR) is 110 cm³/mol. The molecule has 2 saturated heterocycles. The van der Waals surface area contributed by atoms with Gasteiger partial charge in [0.05, 0.1) is 12.8 Å². The van der Waals surface area contributed by atoms with E-state index in [1.54, 1.807) is 13.2 Å². The van der Waals surface area contributed by atoms with Gasteiger partial charge in [0.15, 0.2) is 17.2 Å². The zero-order chi connectivity index (χ0) is 20.3. The molecule has 2 aliphatic heterocycles. The number of nitrogens with zero attached hydrogens (tertiary/aromatic N) is 3. The van der Waals surface area contributed by atoms with Crippen LogP contribution in [0.4, 0.5) is 0 Å². The Hall–Kier alpha value is -2.54. The average Bonchev–Trinajstić information content (AvgIpc) is 3.21. The number of carbonyl (C=O) groups excluding carboxylic acids is 1. The van der Waals surface area contributed by atoms with Gasteiger partial charge >= 0.3 is 0 Å². The number of likely N-dealkylation sites (tertiary alicyclic amines) is 2. The Morgan fingerprint density at radius 1 is 1.17 bits per heavy atom. The highest BCUT2D eigenvalue weighted by Gasteiger charge is 2.40. The molecule has 2 fully saturated rings. The van der Waals surface area contributed by atoms with Crippen LogP contribution in [0.15, 0.2) is 30.3 Å². The lowest BCUT2D eigenvalue weighted by molar-refractivity contribution is 0.0203. The van der Waals surface area contributed by atoms with E-state index in [0.29, 0.717) is 23.8 Å². The summed E-state index contributed by atoms with van der Waals surface area (Å²) in [5, 5.41) is 7.20. The van der Waals surface area contributed by atoms with Gasteiger partial charge in [-0.25, -0.2) is 0 Å². The summed E-state index contributed by atoms with van der Waals surface area (Å²) < 4.78 is 11.1. The van der Waals surface area contributed by atoms with Crippen molar-refractivity contribution in [2.75, 3.05) is 40.3 Å². The number of piperidine rings is 2. The number of H-pyrrole nitrogens is 1. The van der Waals surface area contributed by atoms with Crippen LogP contribution in [0.5, 0.6) is 11.5 Å². The number of methoxy groups -OCH3 is 1. The van der Waals surface area contributed by atoms with Crippen LogP contribution in [0.25, 0.3) is 0 Å². The topological polar surface area (TPSA) is 70.7 Å². The first-order valence-electron chi connectivity index (χ1n) is 10.4. The molecule has 0 saturated carbocycles. The number of nitrogens with one attached hydrogen (secondary N) is 1.